The minimum absolute atomic E-state index is 0.0682. The summed E-state index contributed by atoms with van der Waals surface area (Å²) in [5, 5.41) is 33.3. The SMILES string of the molecule is O=C(N/N=C/c1ccc2ccccc2c1O)c1cc(-c2cccc([N+](=O)[O-])c2)n[nH]1. The number of phenolic OH excluding ortho intramolecular Hbond substituents is 1. The van der Waals surface area contributed by atoms with Gasteiger partial charge in [0.05, 0.1) is 16.8 Å². The molecule has 0 fully saturated rings. The zero-order valence-corrected chi connectivity index (χ0v) is 15.4. The molecule has 1 aromatic heterocycles. The molecule has 1 amide bonds. The van der Waals surface area contributed by atoms with Gasteiger partial charge >= 0.3 is 0 Å². The van der Waals surface area contributed by atoms with Crippen LogP contribution in [0.2, 0.25) is 0 Å². The van der Waals surface area contributed by atoms with Gasteiger partial charge in [0, 0.05) is 28.6 Å². The molecular formula is C21H15N5O4. The van der Waals surface area contributed by atoms with Gasteiger partial charge in [-0.25, -0.2) is 5.43 Å². The highest BCUT2D eigenvalue weighted by Crippen LogP contribution is 2.27. The summed E-state index contributed by atoms with van der Waals surface area (Å²) in [4.78, 5) is 22.7. The lowest BCUT2D eigenvalue weighted by Gasteiger charge is -2.04. The Bertz CT molecular complexity index is 1300. The first kappa shape index (κ1) is 18.8. The highest BCUT2D eigenvalue weighted by Gasteiger charge is 2.13. The number of fused-ring (bicyclic) bond motifs is 1. The van der Waals surface area contributed by atoms with Crippen LogP contribution in [-0.4, -0.2) is 32.3 Å². The van der Waals surface area contributed by atoms with Crippen LogP contribution in [0.4, 0.5) is 5.69 Å². The summed E-state index contributed by atoms with van der Waals surface area (Å²) in [5.41, 5.74) is 3.77. The van der Waals surface area contributed by atoms with Gasteiger partial charge in [0.2, 0.25) is 0 Å². The van der Waals surface area contributed by atoms with Gasteiger partial charge in [-0.1, -0.05) is 42.5 Å². The van der Waals surface area contributed by atoms with Crippen molar-refractivity contribution in [1.82, 2.24) is 15.6 Å². The number of amides is 1. The average molecular weight is 401 g/mol. The molecule has 4 rings (SSSR count). The fourth-order valence-corrected chi connectivity index (χ4v) is 2.96. The van der Waals surface area contributed by atoms with E-state index in [0.717, 1.165) is 5.39 Å². The number of nitro benzene ring substituents is 1. The Morgan fingerprint density at radius 2 is 1.97 bits per heavy atom. The number of hydrogen-bond donors (Lipinski definition) is 3. The number of aromatic amines is 1. The third-order valence-corrected chi connectivity index (χ3v) is 4.48. The van der Waals surface area contributed by atoms with E-state index >= 15 is 0 Å². The lowest BCUT2D eigenvalue weighted by molar-refractivity contribution is -0.384. The first-order chi connectivity index (χ1) is 14.5. The lowest BCUT2D eigenvalue weighted by Crippen LogP contribution is -2.18. The van der Waals surface area contributed by atoms with E-state index in [1.807, 2.05) is 24.3 Å². The maximum atomic E-state index is 12.3. The molecule has 4 aromatic rings. The lowest BCUT2D eigenvalue weighted by atomic mass is 10.1. The predicted molar refractivity (Wildman–Crippen MR) is 111 cm³/mol. The summed E-state index contributed by atoms with van der Waals surface area (Å²) in [5.74, 6) is -0.476. The van der Waals surface area contributed by atoms with Gasteiger partial charge in [-0.3, -0.25) is 20.0 Å². The van der Waals surface area contributed by atoms with Crippen molar-refractivity contribution >= 4 is 28.6 Å². The van der Waals surface area contributed by atoms with E-state index in [4.69, 9.17) is 0 Å². The van der Waals surface area contributed by atoms with Crippen molar-refractivity contribution in [2.45, 2.75) is 0 Å². The Labute approximate surface area is 169 Å². The van der Waals surface area contributed by atoms with Crippen molar-refractivity contribution in [3.8, 4) is 17.0 Å². The monoisotopic (exact) mass is 401 g/mol. The van der Waals surface area contributed by atoms with E-state index in [9.17, 15) is 20.0 Å². The molecule has 9 heteroatoms. The number of nitro groups is 1. The summed E-state index contributed by atoms with van der Waals surface area (Å²) in [6.07, 6.45) is 1.34. The molecule has 30 heavy (non-hydrogen) atoms. The van der Waals surface area contributed by atoms with Crippen LogP contribution in [0.1, 0.15) is 16.1 Å². The van der Waals surface area contributed by atoms with E-state index < -0.39 is 10.8 Å². The molecule has 0 radical (unpaired) electrons. The maximum absolute atomic E-state index is 12.3. The Morgan fingerprint density at radius 3 is 2.80 bits per heavy atom. The van der Waals surface area contributed by atoms with E-state index in [2.05, 4.69) is 20.7 Å². The Hall–Kier alpha value is -4.53. The molecule has 0 unspecified atom stereocenters. The number of phenols is 1. The van der Waals surface area contributed by atoms with Gasteiger partial charge in [-0.15, -0.1) is 0 Å². The number of aromatic hydroxyl groups is 1. The molecule has 3 N–H and O–H groups in total. The molecule has 0 spiro atoms. The second kappa shape index (κ2) is 7.84. The van der Waals surface area contributed by atoms with E-state index in [1.165, 1.54) is 24.4 Å². The minimum Gasteiger partial charge on any atom is -0.507 e. The van der Waals surface area contributed by atoms with Gasteiger partial charge in [0.1, 0.15) is 11.4 Å². The van der Waals surface area contributed by atoms with Crippen LogP contribution < -0.4 is 5.43 Å². The summed E-state index contributed by atoms with van der Waals surface area (Å²) >= 11 is 0. The molecule has 148 valence electrons. The number of H-pyrrole nitrogens is 1. The standard InChI is InChI=1S/C21H15N5O4/c27-20-15(9-8-13-4-1-2-7-17(13)20)12-22-25-21(28)19-11-18(23-24-19)14-5-3-6-16(10-14)26(29)30/h1-12,27H,(H,23,24)(H,25,28)/b22-12+. The second-order valence-corrected chi connectivity index (χ2v) is 6.40. The highest BCUT2D eigenvalue weighted by molar-refractivity contribution is 5.98. The number of carbonyl (C=O) groups excluding carboxylic acids is 1. The van der Waals surface area contributed by atoms with Gasteiger partial charge in [0.25, 0.3) is 11.6 Å². The number of benzene rings is 3. The fraction of sp³-hybridized carbons (Fsp3) is 0. The molecule has 0 bridgehead atoms. The van der Waals surface area contributed by atoms with Crippen molar-refractivity contribution in [2.24, 2.45) is 5.10 Å². The van der Waals surface area contributed by atoms with Crippen LogP contribution in [0, 0.1) is 10.1 Å². The quantitative estimate of drug-likeness (QED) is 0.267. The molecule has 0 saturated heterocycles. The summed E-state index contributed by atoms with van der Waals surface area (Å²) in [7, 11) is 0. The van der Waals surface area contributed by atoms with E-state index in [1.54, 1.807) is 24.3 Å². The number of aromatic nitrogens is 2. The third-order valence-electron chi connectivity index (χ3n) is 4.48. The van der Waals surface area contributed by atoms with Gasteiger partial charge in [-0.05, 0) is 17.5 Å². The summed E-state index contributed by atoms with van der Waals surface area (Å²) in [6.45, 7) is 0. The molecule has 0 saturated carbocycles. The van der Waals surface area contributed by atoms with Crippen LogP contribution in [0.3, 0.4) is 0 Å². The minimum atomic E-state index is -0.546. The van der Waals surface area contributed by atoms with E-state index in [0.29, 0.717) is 22.2 Å². The van der Waals surface area contributed by atoms with Gasteiger partial charge in [-0.2, -0.15) is 10.2 Å². The molecule has 9 nitrogen and oxygen atoms in total. The van der Waals surface area contributed by atoms with Gasteiger partial charge < -0.3 is 5.11 Å². The number of nitrogens with zero attached hydrogens (tertiary/aromatic N) is 3. The second-order valence-electron chi connectivity index (χ2n) is 6.40. The van der Waals surface area contributed by atoms with Crippen LogP contribution in [0.5, 0.6) is 5.75 Å². The molecular weight excluding hydrogens is 386 g/mol. The van der Waals surface area contributed by atoms with Gasteiger partial charge in [0.15, 0.2) is 0 Å². The first-order valence-corrected chi connectivity index (χ1v) is 8.87. The summed E-state index contributed by atoms with van der Waals surface area (Å²) in [6, 6.07) is 18.3. The summed E-state index contributed by atoms with van der Waals surface area (Å²) < 4.78 is 0. The number of hydrogen-bond acceptors (Lipinski definition) is 6. The number of carbonyl (C=O) groups is 1. The Kier molecular flexibility index (Phi) is 4.92. The van der Waals surface area contributed by atoms with Crippen molar-refractivity contribution in [2.75, 3.05) is 0 Å². The van der Waals surface area contributed by atoms with Crippen molar-refractivity contribution in [1.29, 1.82) is 0 Å². The van der Waals surface area contributed by atoms with E-state index in [-0.39, 0.29) is 17.1 Å². The smallest absolute Gasteiger partial charge is 0.289 e. The number of rotatable bonds is 5. The van der Waals surface area contributed by atoms with Crippen LogP contribution in [0.25, 0.3) is 22.0 Å². The van der Waals surface area contributed by atoms with Crippen LogP contribution in [0.15, 0.2) is 71.8 Å². The maximum Gasteiger partial charge on any atom is 0.289 e. The molecule has 0 aliphatic heterocycles. The average Bonchev–Trinajstić information content (AvgIpc) is 3.26. The van der Waals surface area contributed by atoms with Crippen molar-refractivity contribution in [3.05, 3.63) is 88.1 Å². The number of hydrazone groups is 1. The number of nitrogens with one attached hydrogen (secondary N) is 2. The largest absolute Gasteiger partial charge is 0.507 e. The Morgan fingerprint density at radius 1 is 1.13 bits per heavy atom. The molecule has 0 aliphatic carbocycles. The first-order valence-electron chi connectivity index (χ1n) is 8.87. The fourth-order valence-electron chi connectivity index (χ4n) is 2.96. The van der Waals surface area contributed by atoms with Crippen LogP contribution >= 0.6 is 0 Å². The topological polar surface area (TPSA) is 134 Å². The zero-order chi connectivity index (χ0) is 21.1. The van der Waals surface area contributed by atoms with Crippen molar-refractivity contribution < 1.29 is 14.8 Å². The third kappa shape index (κ3) is 3.72. The number of non-ortho nitro benzene ring substituents is 1. The molecule has 0 aliphatic rings. The zero-order valence-electron chi connectivity index (χ0n) is 15.4. The molecule has 0 atom stereocenters. The molecule has 3 aromatic carbocycles. The predicted octanol–water partition coefficient (Wildman–Crippen LogP) is 3.61. The normalized spacial score (nSPS) is 11.1. The highest BCUT2D eigenvalue weighted by atomic mass is 16.6. The van der Waals surface area contributed by atoms with Crippen molar-refractivity contribution in [3.63, 3.8) is 0 Å². The molecule has 1 heterocycles. The Balaban J connectivity index is 1.48. The van der Waals surface area contributed by atoms with Crippen LogP contribution in [-0.2, 0) is 0 Å².